The molecule has 1 heterocycles. The molecular weight excluding hydrogens is 372 g/mol. The molecule has 0 spiro atoms. The third-order valence-electron chi connectivity index (χ3n) is 3.77. The highest BCUT2D eigenvalue weighted by Crippen LogP contribution is 2.20. The number of hydrogen-bond acceptors (Lipinski definition) is 6. The van der Waals surface area contributed by atoms with Gasteiger partial charge >= 0.3 is 0 Å². The molecule has 2 N–H and O–H groups in total. The standard InChI is InChI=1S/C17H16N4O3S2/c1-11-3-6-14(9-12(11)2)21-26(23,24)15-7-4-13(5-8-15)16(22)19-17-20-18-10-25-17/h3-10,21H,1-2H3,(H,19,20,22). The first-order chi connectivity index (χ1) is 12.3. The van der Waals surface area contributed by atoms with Gasteiger partial charge in [-0.15, -0.1) is 10.2 Å². The number of benzene rings is 2. The van der Waals surface area contributed by atoms with Crippen molar-refractivity contribution in [3.63, 3.8) is 0 Å². The van der Waals surface area contributed by atoms with Crippen LogP contribution >= 0.6 is 11.3 Å². The molecule has 1 amide bonds. The number of hydrogen-bond donors (Lipinski definition) is 2. The van der Waals surface area contributed by atoms with E-state index >= 15 is 0 Å². The fourth-order valence-electron chi connectivity index (χ4n) is 2.20. The van der Waals surface area contributed by atoms with Gasteiger partial charge in [0.2, 0.25) is 5.13 Å². The molecule has 3 aromatic rings. The van der Waals surface area contributed by atoms with Crippen LogP contribution in [-0.4, -0.2) is 24.5 Å². The summed E-state index contributed by atoms with van der Waals surface area (Å²) < 4.78 is 27.6. The van der Waals surface area contributed by atoms with Crippen LogP contribution in [0.3, 0.4) is 0 Å². The highest BCUT2D eigenvalue weighted by Gasteiger charge is 2.16. The van der Waals surface area contributed by atoms with Crippen molar-refractivity contribution in [3.05, 3.63) is 64.7 Å². The number of anilines is 2. The van der Waals surface area contributed by atoms with Crippen molar-refractivity contribution in [3.8, 4) is 0 Å². The van der Waals surface area contributed by atoms with Gasteiger partial charge in [0.15, 0.2) is 0 Å². The van der Waals surface area contributed by atoms with E-state index in [1.807, 2.05) is 19.9 Å². The molecule has 3 rings (SSSR count). The Bertz CT molecular complexity index is 1030. The molecule has 0 fully saturated rings. The van der Waals surface area contributed by atoms with Crippen LogP contribution in [-0.2, 0) is 10.0 Å². The van der Waals surface area contributed by atoms with E-state index in [-0.39, 0.29) is 10.8 Å². The predicted octanol–water partition coefficient (Wildman–Crippen LogP) is 3.21. The number of aryl methyl sites for hydroxylation is 2. The summed E-state index contributed by atoms with van der Waals surface area (Å²) in [5.74, 6) is -0.382. The number of carbonyl (C=O) groups excluding carboxylic acids is 1. The molecular formula is C17H16N4O3S2. The van der Waals surface area contributed by atoms with Gasteiger partial charge in [0, 0.05) is 11.3 Å². The van der Waals surface area contributed by atoms with Crippen molar-refractivity contribution in [1.29, 1.82) is 0 Å². The molecule has 0 saturated carbocycles. The van der Waals surface area contributed by atoms with Crippen LogP contribution in [0.2, 0.25) is 0 Å². The van der Waals surface area contributed by atoms with E-state index in [0.717, 1.165) is 11.1 Å². The minimum atomic E-state index is -3.74. The molecule has 1 aromatic heterocycles. The van der Waals surface area contributed by atoms with Gasteiger partial charge < -0.3 is 0 Å². The highest BCUT2D eigenvalue weighted by molar-refractivity contribution is 7.92. The first kappa shape index (κ1) is 18.0. The van der Waals surface area contributed by atoms with E-state index in [0.29, 0.717) is 16.4 Å². The number of nitrogens with zero attached hydrogens (tertiary/aromatic N) is 2. The molecule has 26 heavy (non-hydrogen) atoms. The number of sulfonamides is 1. The fraction of sp³-hybridized carbons (Fsp3) is 0.118. The van der Waals surface area contributed by atoms with Crippen molar-refractivity contribution in [2.75, 3.05) is 10.0 Å². The van der Waals surface area contributed by atoms with Crippen LogP contribution in [0.25, 0.3) is 0 Å². The maximum absolute atomic E-state index is 12.5. The van der Waals surface area contributed by atoms with Gasteiger partial charge in [-0.05, 0) is 61.4 Å². The number of aromatic nitrogens is 2. The van der Waals surface area contributed by atoms with Crippen LogP contribution in [0.1, 0.15) is 21.5 Å². The van der Waals surface area contributed by atoms with Crippen LogP contribution in [0.15, 0.2) is 52.9 Å². The average molecular weight is 388 g/mol. The maximum Gasteiger partial charge on any atom is 0.261 e. The second-order valence-electron chi connectivity index (χ2n) is 5.63. The first-order valence-corrected chi connectivity index (χ1v) is 9.99. The normalized spacial score (nSPS) is 11.2. The Morgan fingerprint density at radius 3 is 2.38 bits per heavy atom. The maximum atomic E-state index is 12.5. The lowest BCUT2D eigenvalue weighted by Crippen LogP contribution is -2.15. The molecule has 7 nitrogen and oxygen atoms in total. The van der Waals surface area contributed by atoms with E-state index in [1.54, 1.807) is 12.1 Å². The summed E-state index contributed by atoms with van der Waals surface area (Å²) in [6.07, 6.45) is 0. The largest absolute Gasteiger partial charge is 0.296 e. The van der Waals surface area contributed by atoms with Crippen molar-refractivity contribution in [2.24, 2.45) is 0 Å². The monoisotopic (exact) mass is 388 g/mol. The minimum Gasteiger partial charge on any atom is -0.296 e. The third-order valence-corrected chi connectivity index (χ3v) is 5.77. The van der Waals surface area contributed by atoms with Crippen molar-refractivity contribution in [2.45, 2.75) is 18.7 Å². The van der Waals surface area contributed by atoms with Crippen LogP contribution in [0, 0.1) is 13.8 Å². The van der Waals surface area contributed by atoms with Gasteiger partial charge in [-0.2, -0.15) is 0 Å². The zero-order valence-corrected chi connectivity index (χ0v) is 15.7. The van der Waals surface area contributed by atoms with E-state index in [1.165, 1.54) is 41.1 Å². The van der Waals surface area contributed by atoms with Gasteiger partial charge in [0.05, 0.1) is 4.90 Å². The Hall–Kier alpha value is -2.78. The van der Waals surface area contributed by atoms with E-state index < -0.39 is 10.0 Å². The Morgan fingerprint density at radius 2 is 1.77 bits per heavy atom. The number of nitrogens with one attached hydrogen (secondary N) is 2. The SMILES string of the molecule is Cc1ccc(NS(=O)(=O)c2ccc(C(=O)Nc3nncs3)cc2)cc1C. The third kappa shape index (κ3) is 4.06. The van der Waals surface area contributed by atoms with E-state index in [9.17, 15) is 13.2 Å². The number of rotatable bonds is 5. The first-order valence-electron chi connectivity index (χ1n) is 7.63. The zero-order chi connectivity index (χ0) is 18.7. The summed E-state index contributed by atoms with van der Waals surface area (Å²) in [5, 5.41) is 10.3. The Kier molecular flexibility index (Phi) is 5.01. The van der Waals surface area contributed by atoms with Crippen molar-refractivity contribution < 1.29 is 13.2 Å². The Morgan fingerprint density at radius 1 is 1.04 bits per heavy atom. The van der Waals surface area contributed by atoms with Gasteiger partial charge in [0.25, 0.3) is 15.9 Å². The second kappa shape index (κ2) is 7.22. The zero-order valence-electron chi connectivity index (χ0n) is 14.1. The second-order valence-corrected chi connectivity index (χ2v) is 8.14. The molecule has 0 aliphatic heterocycles. The predicted molar refractivity (Wildman–Crippen MR) is 101 cm³/mol. The van der Waals surface area contributed by atoms with Gasteiger partial charge in [0.1, 0.15) is 5.51 Å². The number of carbonyl (C=O) groups is 1. The molecule has 0 unspecified atom stereocenters. The molecule has 0 bridgehead atoms. The molecule has 0 radical (unpaired) electrons. The summed E-state index contributed by atoms with van der Waals surface area (Å²) in [5.41, 5.74) is 4.40. The van der Waals surface area contributed by atoms with Gasteiger partial charge in [-0.25, -0.2) is 8.42 Å². The van der Waals surface area contributed by atoms with E-state index in [2.05, 4.69) is 20.2 Å². The molecule has 0 saturated heterocycles. The minimum absolute atomic E-state index is 0.0724. The fourth-order valence-corrected chi connectivity index (χ4v) is 3.69. The number of amides is 1. The van der Waals surface area contributed by atoms with Gasteiger partial charge in [-0.3, -0.25) is 14.8 Å². The summed E-state index contributed by atoms with van der Waals surface area (Å²) in [6, 6.07) is 11.0. The average Bonchev–Trinajstić information content (AvgIpc) is 3.11. The summed E-state index contributed by atoms with van der Waals surface area (Å²) >= 11 is 1.20. The van der Waals surface area contributed by atoms with Crippen LogP contribution < -0.4 is 10.0 Å². The summed E-state index contributed by atoms with van der Waals surface area (Å²) in [7, 11) is -3.74. The topological polar surface area (TPSA) is 101 Å². The highest BCUT2D eigenvalue weighted by atomic mass is 32.2. The molecule has 0 aliphatic carbocycles. The van der Waals surface area contributed by atoms with Crippen LogP contribution in [0.4, 0.5) is 10.8 Å². The van der Waals surface area contributed by atoms with E-state index in [4.69, 9.17) is 0 Å². The molecule has 0 atom stereocenters. The molecule has 9 heteroatoms. The molecule has 0 aliphatic rings. The Balaban J connectivity index is 1.76. The smallest absolute Gasteiger partial charge is 0.261 e. The lowest BCUT2D eigenvalue weighted by molar-refractivity contribution is 0.102. The lowest BCUT2D eigenvalue weighted by atomic mass is 10.1. The van der Waals surface area contributed by atoms with Crippen LogP contribution in [0.5, 0.6) is 0 Å². The molecule has 134 valence electrons. The summed E-state index contributed by atoms with van der Waals surface area (Å²) in [6.45, 7) is 3.87. The van der Waals surface area contributed by atoms with Crippen molar-refractivity contribution >= 4 is 38.1 Å². The quantitative estimate of drug-likeness (QED) is 0.699. The van der Waals surface area contributed by atoms with Crippen molar-refractivity contribution in [1.82, 2.24) is 10.2 Å². The Labute approximate surface area is 155 Å². The van der Waals surface area contributed by atoms with Gasteiger partial charge in [-0.1, -0.05) is 17.4 Å². The summed E-state index contributed by atoms with van der Waals surface area (Å²) in [4.78, 5) is 12.2. The molecule has 2 aromatic carbocycles. The lowest BCUT2D eigenvalue weighted by Gasteiger charge is -2.10.